The van der Waals surface area contributed by atoms with Crippen LogP contribution in [-0.2, 0) is 9.53 Å². The molecule has 0 atom stereocenters. The van der Waals surface area contributed by atoms with Crippen molar-refractivity contribution < 1.29 is 9.53 Å². The zero-order chi connectivity index (χ0) is 25.5. The Morgan fingerprint density at radius 3 is 1.81 bits per heavy atom. The average molecular weight is 499 g/mol. The molecule has 0 aromatic heterocycles. The van der Waals surface area contributed by atoms with Crippen molar-refractivity contribution in [2.24, 2.45) is 0 Å². The molecule has 1 amide bonds. The number of benzene rings is 1. The Hall–Kier alpha value is -1.81. The van der Waals surface area contributed by atoms with Crippen molar-refractivity contribution in [3.63, 3.8) is 0 Å². The zero-order valence-corrected chi connectivity index (χ0v) is 23.3. The maximum Gasteiger partial charge on any atom is 0.224 e. The zero-order valence-electron chi connectivity index (χ0n) is 23.3. The number of ether oxygens (including phenoxy) is 1. The van der Waals surface area contributed by atoms with Crippen LogP contribution in [0, 0.1) is 0 Å². The van der Waals surface area contributed by atoms with Gasteiger partial charge in [-0.05, 0) is 56.4 Å². The normalized spacial score (nSPS) is 14.0. The van der Waals surface area contributed by atoms with Crippen molar-refractivity contribution in [2.75, 3.05) is 36.5 Å². The van der Waals surface area contributed by atoms with Gasteiger partial charge in [0, 0.05) is 30.9 Å². The van der Waals surface area contributed by atoms with Gasteiger partial charge in [-0.25, -0.2) is 0 Å². The molecule has 1 aliphatic rings. The number of amides is 1. The molecule has 36 heavy (non-hydrogen) atoms. The second-order valence-electron chi connectivity index (χ2n) is 10.4. The third kappa shape index (κ3) is 15.3. The summed E-state index contributed by atoms with van der Waals surface area (Å²) >= 11 is 0. The van der Waals surface area contributed by atoms with E-state index in [2.05, 4.69) is 41.4 Å². The molecule has 0 spiro atoms. The quantitative estimate of drug-likeness (QED) is 0.136. The van der Waals surface area contributed by atoms with Crippen LogP contribution < -0.4 is 10.2 Å². The van der Waals surface area contributed by atoms with Gasteiger partial charge in [0.2, 0.25) is 5.91 Å². The van der Waals surface area contributed by atoms with E-state index in [1.165, 1.54) is 102 Å². The molecule has 0 radical (unpaired) electrons. The van der Waals surface area contributed by atoms with Crippen molar-refractivity contribution >= 4 is 17.3 Å². The van der Waals surface area contributed by atoms with Crippen LogP contribution >= 0.6 is 0 Å². The molecule has 4 heteroatoms. The average Bonchev–Trinajstić information content (AvgIpc) is 2.91. The summed E-state index contributed by atoms with van der Waals surface area (Å²) < 4.78 is 5.41. The molecule has 4 nitrogen and oxygen atoms in total. The van der Waals surface area contributed by atoms with Crippen LogP contribution in [0.4, 0.5) is 11.4 Å². The molecule has 1 N–H and O–H groups in total. The molecule has 2 rings (SSSR count). The summed E-state index contributed by atoms with van der Waals surface area (Å²) in [6.45, 7) is 5.72. The topological polar surface area (TPSA) is 41.6 Å². The molecular formula is C32H54N2O2. The minimum Gasteiger partial charge on any atom is -0.378 e. The van der Waals surface area contributed by atoms with Gasteiger partial charge in [0.1, 0.15) is 0 Å². The highest BCUT2D eigenvalue weighted by molar-refractivity contribution is 5.90. The van der Waals surface area contributed by atoms with Crippen molar-refractivity contribution in [3.8, 4) is 0 Å². The third-order valence-electron chi connectivity index (χ3n) is 7.19. The Balaban J connectivity index is 1.34. The molecule has 0 unspecified atom stereocenters. The monoisotopic (exact) mass is 498 g/mol. The van der Waals surface area contributed by atoms with Gasteiger partial charge >= 0.3 is 0 Å². The lowest BCUT2D eigenvalue weighted by Crippen LogP contribution is -2.36. The second kappa shape index (κ2) is 21.3. The Labute approximate surface area is 222 Å². The van der Waals surface area contributed by atoms with Crippen molar-refractivity contribution in [1.82, 2.24) is 0 Å². The number of allylic oxidation sites excluding steroid dienone is 2. The lowest BCUT2D eigenvalue weighted by Gasteiger charge is -2.28. The molecule has 1 fully saturated rings. The van der Waals surface area contributed by atoms with E-state index in [-0.39, 0.29) is 5.91 Å². The van der Waals surface area contributed by atoms with Gasteiger partial charge in [-0.15, -0.1) is 0 Å². The molecule has 0 bridgehead atoms. The first kappa shape index (κ1) is 30.4. The fourth-order valence-electron chi connectivity index (χ4n) is 4.86. The maximum atomic E-state index is 12.2. The molecule has 1 heterocycles. The molecule has 0 aliphatic carbocycles. The fraction of sp³-hybridized carbons (Fsp3) is 0.719. The first-order valence-electron chi connectivity index (χ1n) is 15.2. The van der Waals surface area contributed by atoms with Gasteiger partial charge in [0.15, 0.2) is 0 Å². The number of morpholine rings is 1. The van der Waals surface area contributed by atoms with E-state index in [0.717, 1.165) is 44.8 Å². The SMILES string of the molecule is CCCCCCCC/C=C\CCCCCCCCCCCC(=O)Nc1ccc(N2CCOCC2)cc1. The predicted octanol–water partition coefficient (Wildman–Crippen LogP) is 9.06. The summed E-state index contributed by atoms with van der Waals surface area (Å²) in [6, 6.07) is 8.20. The van der Waals surface area contributed by atoms with E-state index in [1.54, 1.807) is 0 Å². The largest absolute Gasteiger partial charge is 0.378 e. The highest BCUT2D eigenvalue weighted by Gasteiger charge is 2.11. The van der Waals surface area contributed by atoms with Gasteiger partial charge in [-0.3, -0.25) is 4.79 Å². The van der Waals surface area contributed by atoms with Crippen LogP contribution in [0.1, 0.15) is 122 Å². The Bertz CT molecular complexity index is 680. The number of hydrogen-bond donors (Lipinski definition) is 1. The second-order valence-corrected chi connectivity index (χ2v) is 10.4. The molecule has 1 aromatic carbocycles. The lowest BCUT2D eigenvalue weighted by molar-refractivity contribution is -0.116. The minimum atomic E-state index is 0.134. The number of unbranched alkanes of at least 4 members (excludes halogenated alkanes) is 15. The van der Waals surface area contributed by atoms with Gasteiger partial charge in [-0.1, -0.05) is 96.1 Å². The van der Waals surface area contributed by atoms with Crippen LogP contribution in [0.25, 0.3) is 0 Å². The van der Waals surface area contributed by atoms with Gasteiger partial charge in [0.25, 0.3) is 0 Å². The van der Waals surface area contributed by atoms with Crippen LogP contribution in [0.3, 0.4) is 0 Å². The van der Waals surface area contributed by atoms with Gasteiger partial charge in [-0.2, -0.15) is 0 Å². The summed E-state index contributed by atoms with van der Waals surface area (Å²) in [6.07, 6.45) is 27.8. The fourth-order valence-corrected chi connectivity index (χ4v) is 4.86. The summed E-state index contributed by atoms with van der Waals surface area (Å²) in [5.41, 5.74) is 2.09. The predicted molar refractivity (Wildman–Crippen MR) is 156 cm³/mol. The highest BCUT2D eigenvalue weighted by Crippen LogP contribution is 2.19. The number of anilines is 2. The third-order valence-corrected chi connectivity index (χ3v) is 7.19. The van der Waals surface area contributed by atoms with E-state index < -0.39 is 0 Å². The van der Waals surface area contributed by atoms with E-state index in [4.69, 9.17) is 4.74 Å². The number of rotatable bonds is 21. The summed E-state index contributed by atoms with van der Waals surface area (Å²) in [7, 11) is 0. The molecule has 204 valence electrons. The van der Waals surface area contributed by atoms with Crippen molar-refractivity contribution in [3.05, 3.63) is 36.4 Å². The standard InChI is InChI=1S/C32H54N2O2/c1-2-3-4-5-6-7-8-9-10-11-12-13-14-15-16-17-18-19-20-21-32(35)33-30-22-24-31(25-23-30)34-26-28-36-29-27-34/h9-10,22-25H,2-8,11-21,26-29H2,1H3,(H,33,35)/b10-9-. The minimum absolute atomic E-state index is 0.134. The summed E-state index contributed by atoms with van der Waals surface area (Å²) in [5.74, 6) is 0.134. The van der Waals surface area contributed by atoms with Gasteiger partial charge < -0.3 is 15.0 Å². The number of nitrogens with one attached hydrogen (secondary N) is 1. The maximum absolute atomic E-state index is 12.2. The Morgan fingerprint density at radius 2 is 1.25 bits per heavy atom. The summed E-state index contributed by atoms with van der Waals surface area (Å²) in [4.78, 5) is 14.6. The molecule has 0 saturated carbocycles. The van der Waals surface area contributed by atoms with Crippen LogP contribution in [0.2, 0.25) is 0 Å². The first-order chi connectivity index (χ1) is 17.8. The Kier molecular flexibility index (Phi) is 18.0. The molecular weight excluding hydrogens is 444 g/mol. The van der Waals surface area contributed by atoms with Crippen LogP contribution in [-0.4, -0.2) is 32.2 Å². The molecule has 1 aromatic rings. The van der Waals surface area contributed by atoms with E-state index in [1.807, 2.05) is 12.1 Å². The van der Waals surface area contributed by atoms with Crippen molar-refractivity contribution in [1.29, 1.82) is 0 Å². The highest BCUT2D eigenvalue weighted by atomic mass is 16.5. The molecule has 1 aliphatic heterocycles. The van der Waals surface area contributed by atoms with Crippen LogP contribution in [0.5, 0.6) is 0 Å². The number of nitrogens with zero attached hydrogens (tertiary/aromatic N) is 1. The number of carbonyl (C=O) groups excluding carboxylic acids is 1. The van der Waals surface area contributed by atoms with Crippen LogP contribution in [0.15, 0.2) is 36.4 Å². The first-order valence-corrected chi connectivity index (χ1v) is 15.2. The van der Waals surface area contributed by atoms with E-state index in [0.29, 0.717) is 6.42 Å². The summed E-state index contributed by atoms with van der Waals surface area (Å²) in [5, 5.41) is 3.04. The Morgan fingerprint density at radius 1 is 0.750 bits per heavy atom. The number of carbonyl (C=O) groups is 1. The number of hydrogen-bond acceptors (Lipinski definition) is 3. The lowest BCUT2D eigenvalue weighted by atomic mass is 10.1. The van der Waals surface area contributed by atoms with E-state index >= 15 is 0 Å². The molecule has 1 saturated heterocycles. The smallest absolute Gasteiger partial charge is 0.224 e. The van der Waals surface area contributed by atoms with Crippen molar-refractivity contribution in [2.45, 2.75) is 122 Å². The van der Waals surface area contributed by atoms with E-state index in [9.17, 15) is 4.79 Å². The van der Waals surface area contributed by atoms with Gasteiger partial charge in [0.05, 0.1) is 13.2 Å².